The Morgan fingerprint density at radius 3 is 2.94 bits per heavy atom. The first-order valence-electron chi connectivity index (χ1n) is 6.26. The quantitative estimate of drug-likeness (QED) is 0.807. The van der Waals surface area contributed by atoms with Crippen molar-refractivity contribution < 1.29 is 4.79 Å². The summed E-state index contributed by atoms with van der Waals surface area (Å²) in [6, 6.07) is 2.50. The van der Waals surface area contributed by atoms with Crippen molar-refractivity contribution in [2.75, 3.05) is 18.0 Å². The van der Waals surface area contributed by atoms with Gasteiger partial charge in [-0.15, -0.1) is 0 Å². The first kappa shape index (κ1) is 12.8. The molecule has 0 aliphatic carbocycles. The maximum Gasteiger partial charge on any atom is 0.252 e. The van der Waals surface area contributed by atoms with Crippen molar-refractivity contribution >= 4 is 11.7 Å². The van der Waals surface area contributed by atoms with Crippen LogP contribution in [0.25, 0.3) is 0 Å². The SMILES string of the molecule is Cc1ccnc(N2CC(C)NCC2C)c1C(N)=O. The Balaban J connectivity index is 2.43. The van der Waals surface area contributed by atoms with Crippen LogP contribution in [0.5, 0.6) is 0 Å². The largest absolute Gasteiger partial charge is 0.365 e. The molecule has 1 aromatic rings. The lowest BCUT2D eigenvalue weighted by molar-refractivity contribution is 0.0999. The average Bonchev–Trinajstić information content (AvgIpc) is 2.31. The zero-order valence-corrected chi connectivity index (χ0v) is 11.1. The smallest absolute Gasteiger partial charge is 0.252 e. The summed E-state index contributed by atoms with van der Waals surface area (Å²) in [5.74, 6) is 0.303. The highest BCUT2D eigenvalue weighted by Crippen LogP contribution is 2.24. The van der Waals surface area contributed by atoms with Gasteiger partial charge in [0.1, 0.15) is 5.82 Å². The van der Waals surface area contributed by atoms with Gasteiger partial charge in [0.15, 0.2) is 0 Å². The second-order valence-electron chi connectivity index (χ2n) is 5.00. The lowest BCUT2D eigenvalue weighted by Crippen LogP contribution is -2.55. The molecule has 2 heterocycles. The fourth-order valence-electron chi connectivity index (χ4n) is 2.38. The van der Waals surface area contributed by atoms with Crippen molar-refractivity contribution in [1.82, 2.24) is 10.3 Å². The van der Waals surface area contributed by atoms with Gasteiger partial charge in [-0.05, 0) is 32.4 Å². The number of carbonyl (C=O) groups is 1. The molecular formula is C13H20N4O. The Hall–Kier alpha value is -1.62. The van der Waals surface area contributed by atoms with Crippen molar-refractivity contribution in [1.29, 1.82) is 0 Å². The van der Waals surface area contributed by atoms with Gasteiger partial charge >= 0.3 is 0 Å². The van der Waals surface area contributed by atoms with Crippen LogP contribution in [-0.2, 0) is 0 Å². The molecular weight excluding hydrogens is 228 g/mol. The molecule has 18 heavy (non-hydrogen) atoms. The van der Waals surface area contributed by atoms with E-state index < -0.39 is 5.91 Å². The Morgan fingerprint density at radius 1 is 1.56 bits per heavy atom. The Morgan fingerprint density at radius 2 is 2.28 bits per heavy atom. The number of nitrogens with two attached hydrogens (primary N) is 1. The van der Waals surface area contributed by atoms with Crippen molar-refractivity contribution in [3.63, 3.8) is 0 Å². The summed E-state index contributed by atoms with van der Waals surface area (Å²) in [6.07, 6.45) is 1.73. The molecule has 1 aromatic heterocycles. The fourth-order valence-corrected chi connectivity index (χ4v) is 2.38. The zero-order valence-electron chi connectivity index (χ0n) is 11.1. The molecule has 1 aliphatic rings. The standard InChI is InChI=1S/C13H20N4O/c1-8-4-5-15-13(11(8)12(14)18)17-7-9(2)16-6-10(17)3/h4-5,9-10,16H,6-7H2,1-3H3,(H2,14,18). The second-order valence-corrected chi connectivity index (χ2v) is 5.00. The third kappa shape index (κ3) is 2.31. The van der Waals surface area contributed by atoms with E-state index in [-0.39, 0.29) is 0 Å². The molecule has 2 unspecified atom stereocenters. The van der Waals surface area contributed by atoms with E-state index in [9.17, 15) is 4.79 Å². The van der Waals surface area contributed by atoms with E-state index in [0.717, 1.165) is 18.7 Å². The average molecular weight is 248 g/mol. The van der Waals surface area contributed by atoms with Gasteiger partial charge in [0.2, 0.25) is 0 Å². The summed E-state index contributed by atoms with van der Waals surface area (Å²) in [7, 11) is 0. The number of amides is 1. The van der Waals surface area contributed by atoms with Crippen LogP contribution in [0.3, 0.4) is 0 Å². The molecule has 98 valence electrons. The number of hydrogen-bond donors (Lipinski definition) is 2. The number of hydrogen-bond acceptors (Lipinski definition) is 4. The molecule has 5 nitrogen and oxygen atoms in total. The number of piperazine rings is 1. The van der Waals surface area contributed by atoms with Crippen LogP contribution in [0, 0.1) is 6.92 Å². The van der Waals surface area contributed by atoms with E-state index in [2.05, 4.69) is 29.0 Å². The van der Waals surface area contributed by atoms with E-state index in [0.29, 0.717) is 23.5 Å². The number of anilines is 1. The molecule has 2 rings (SSSR count). The third-order valence-electron chi connectivity index (χ3n) is 3.42. The lowest BCUT2D eigenvalue weighted by Gasteiger charge is -2.39. The first-order chi connectivity index (χ1) is 8.50. The summed E-state index contributed by atoms with van der Waals surface area (Å²) in [5.41, 5.74) is 6.90. The highest BCUT2D eigenvalue weighted by atomic mass is 16.1. The number of carbonyl (C=O) groups excluding carboxylic acids is 1. The molecule has 3 N–H and O–H groups in total. The van der Waals surface area contributed by atoms with E-state index in [1.165, 1.54) is 0 Å². The van der Waals surface area contributed by atoms with Gasteiger partial charge in [0, 0.05) is 31.4 Å². The molecule has 1 amide bonds. The number of pyridine rings is 1. The van der Waals surface area contributed by atoms with Gasteiger partial charge in [0.25, 0.3) is 5.91 Å². The topological polar surface area (TPSA) is 71.2 Å². The normalized spacial score (nSPS) is 24.1. The van der Waals surface area contributed by atoms with Crippen molar-refractivity contribution in [2.45, 2.75) is 32.9 Å². The molecule has 2 atom stereocenters. The van der Waals surface area contributed by atoms with Crippen LogP contribution in [0.1, 0.15) is 29.8 Å². The predicted molar refractivity (Wildman–Crippen MR) is 71.8 cm³/mol. The van der Waals surface area contributed by atoms with Gasteiger partial charge in [-0.25, -0.2) is 4.98 Å². The third-order valence-corrected chi connectivity index (χ3v) is 3.42. The summed E-state index contributed by atoms with van der Waals surface area (Å²) < 4.78 is 0. The molecule has 0 bridgehead atoms. The molecule has 0 saturated carbocycles. The first-order valence-corrected chi connectivity index (χ1v) is 6.26. The minimum Gasteiger partial charge on any atom is -0.365 e. The lowest BCUT2D eigenvalue weighted by atomic mass is 10.1. The van der Waals surface area contributed by atoms with Gasteiger partial charge in [-0.3, -0.25) is 4.79 Å². The number of aryl methyl sites for hydroxylation is 1. The molecule has 0 aromatic carbocycles. The van der Waals surface area contributed by atoms with Gasteiger partial charge in [0.05, 0.1) is 5.56 Å². The highest BCUT2D eigenvalue weighted by molar-refractivity contribution is 5.99. The minimum atomic E-state index is -0.408. The molecule has 1 aliphatic heterocycles. The minimum absolute atomic E-state index is 0.300. The number of rotatable bonds is 2. The molecule has 1 saturated heterocycles. The zero-order chi connectivity index (χ0) is 13.3. The van der Waals surface area contributed by atoms with E-state index >= 15 is 0 Å². The number of primary amides is 1. The van der Waals surface area contributed by atoms with Crippen LogP contribution < -0.4 is 16.0 Å². The van der Waals surface area contributed by atoms with Crippen LogP contribution in [-0.4, -0.2) is 36.1 Å². The van der Waals surface area contributed by atoms with E-state index in [1.807, 2.05) is 13.0 Å². The maximum atomic E-state index is 11.6. The molecule has 0 spiro atoms. The summed E-state index contributed by atoms with van der Waals surface area (Å²) in [6.45, 7) is 7.85. The van der Waals surface area contributed by atoms with Crippen molar-refractivity contribution in [3.8, 4) is 0 Å². The van der Waals surface area contributed by atoms with Gasteiger partial charge < -0.3 is 16.0 Å². The van der Waals surface area contributed by atoms with Crippen molar-refractivity contribution in [2.24, 2.45) is 5.73 Å². The van der Waals surface area contributed by atoms with Crippen LogP contribution in [0.4, 0.5) is 5.82 Å². The predicted octanol–water partition coefficient (Wildman–Crippen LogP) is 0.676. The van der Waals surface area contributed by atoms with Crippen LogP contribution in [0.15, 0.2) is 12.3 Å². The monoisotopic (exact) mass is 248 g/mol. The Kier molecular flexibility index (Phi) is 3.52. The molecule has 5 heteroatoms. The van der Waals surface area contributed by atoms with Crippen LogP contribution in [0.2, 0.25) is 0 Å². The number of nitrogens with one attached hydrogen (secondary N) is 1. The molecule has 1 fully saturated rings. The van der Waals surface area contributed by atoms with E-state index in [1.54, 1.807) is 6.20 Å². The summed E-state index contributed by atoms with van der Waals surface area (Å²) in [5, 5.41) is 3.41. The maximum absolute atomic E-state index is 11.6. The van der Waals surface area contributed by atoms with Gasteiger partial charge in [-0.2, -0.15) is 0 Å². The number of aromatic nitrogens is 1. The van der Waals surface area contributed by atoms with E-state index in [4.69, 9.17) is 5.73 Å². The highest BCUT2D eigenvalue weighted by Gasteiger charge is 2.27. The summed E-state index contributed by atoms with van der Waals surface area (Å²) in [4.78, 5) is 18.1. The Labute approximate surface area is 107 Å². The number of nitrogens with zero attached hydrogens (tertiary/aromatic N) is 2. The fraction of sp³-hybridized carbons (Fsp3) is 0.538. The Bertz CT molecular complexity index is 460. The molecule has 0 radical (unpaired) electrons. The van der Waals surface area contributed by atoms with Gasteiger partial charge in [-0.1, -0.05) is 0 Å². The second kappa shape index (κ2) is 4.94. The van der Waals surface area contributed by atoms with Crippen molar-refractivity contribution in [3.05, 3.63) is 23.4 Å². The summed E-state index contributed by atoms with van der Waals surface area (Å²) >= 11 is 0. The van der Waals surface area contributed by atoms with Crippen LogP contribution >= 0.6 is 0 Å².